The van der Waals surface area contributed by atoms with Crippen LogP contribution in [-0.4, -0.2) is 30.9 Å². The topological polar surface area (TPSA) is 32.3 Å². The van der Waals surface area contributed by atoms with E-state index in [2.05, 4.69) is 48.6 Å². The second-order valence-corrected chi connectivity index (χ2v) is 8.91. The standard InChI is InChI=1S/C26H29ClN2O/c1-19(24-17-22(27)16-20-8-6-7-11-23(20)24)29(2)25(30)18-26(12-14-28-15-13-26)21-9-4-3-5-10-21/h3-11,16-17,19,28H,12-15,18H2,1-2H3. The third-order valence-electron chi connectivity index (χ3n) is 6.72. The Morgan fingerprint density at radius 3 is 2.47 bits per heavy atom. The van der Waals surface area contributed by atoms with Crippen LogP contribution in [0.3, 0.4) is 0 Å². The van der Waals surface area contributed by atoms with Gasteiger partial charge in [-0.25, -0.2) is 0 Å². The first-order valence-electron chi connectivity index (χ1n) is 10.7. The number of halogens is 1. The number of amides is 1. The first-order chi connectivity index (χ1) is 14.5. The molecule has 1 aliphatic heterocycles. The molecular formula is C26H29ClN2O. The molecule has 1 unspecified atom stereocenters. The van der Waals surface area contributed by atoms with E-state index >= 15 is 0 Å². The highest BCUT2D eigenvalue weighted by atomic mass is 35.5. The smallest absolute Gasteiger partial charge is 0.223 e. The molecule has 4 rings (SSSR count). The van der Waals surface area contributed by atoms with Crippen molar-refractivity contribution >= 4 is 28.3 Å². The molecule has 156 valence electrons. The van der Waals surface area contributed by atoms with Crippen LogP contribution in [0.15, 0.2) is 66.7 Å². The van der Waals surface area contributed by atoms with Crippen molar-refractivity contribution < 1.29 is 4.79 Å². The summed E-state index contributed by atoms with van der Waals surface area (Å²) in [6.07, 6.45) is 2.48. The molecule has 0 spiro atoms. The highest BCUT2D eigenvalue weighted by Crippen LogP contribution is 2.38. The predicted octanol–water partition coefficient (Wildman–Crippen LogP) is 5.72. The lowest BCUT2D eigenvalue weighted by Crippen LogP contribution is -2.44. The van der Waals surface area contributed by atoms with Crippen LogP contribution < -0.4 is 5.32 Å². The Morgan fingerprint density at radius 1 is 1.07 bits per heavy atom. The molecule has 0 aliphatic carbocycles. The van der Waals surface area contributed by atoms with Crippen LogP contribution in [0.4, 0.5) is 0 Å². The number of hydrogen-bond donors (Lipinski definition) is 1. The molecule has 1 N–H and O–H groups in total. The van der Waals surface area contributed by atoms with Gasteiger partial charge >= 0.3 is 0 Å². The molecule has 1 heterocycles. The molecule has 0 bridgehead atoms. The first-order valence-corrected chi connectivity index (χ1v) is 11.1. The molecule has 3 aromatic carbocycles. The molecule has 30 heavy (non-hydrogen) atoms. The van der Waals surface area contributed by atoms with Crippen LogP contribution in [0.5, 0.6) is 0 Å². The fraction of sp³-hybridized carbons (Fsp3) is 0.346. The Kier molecular flexibility index (Phi) is 6.12. The number of hydrogen-bond acceptors (Lipinski definition) is 2. The van der Waals surface area contributed by atoms with Gasteiger partial charge in [-0.1, -0.05) is 66.2 Å². The van der Waals surface area contributed by atoms with E-state index in [0.29, 0.717) is 11.4 Å². The van der Waals surface area contributed by atoms with Crippen LogP contribution >= 0.6 is 11.6 Å². The van der Waals surface area contributed by atoms with Crippen molar-refractivity contribution in [1.29, 1.82) is 0 Å². The second kappa shape index (κ2) is 8.79. The van der Waals surface area contributed by atoms with Crippen molar-refractivity contribution in [2.45, 2.75) is 37.6 Å². The largest absolute Gasteiger partial charge is 0.339 e. The number of rotatable bonds is 5. The van der Waals surface area contributed by atoms with Crippen LogP contribution in [0.1, 0.15) is 43.4 Å². The molecule has 0 aromatic heterocycles. The van der Waals surface area contributed by atoms with Gasteiger partial charge in [-0.3, -0.25) is 4.79 Å². The number of fused-ring (bicyclic) bond motifs is 1. The summed E-state index contributed by atoms with van der Waals surface area (Å²) in [5.74, 6) is 0.178. The zero-order valence-electron chi connectivity index (χ0n) is 17.7. The molecule has 1 saturated heterocycles. The number of carbonyl (C=O) groups is 1. The average Bonchev–Trinajstić information content (AvgIpc) is 2.78. The summed E-state index contributed by atoms with van der Waals surface area (Å²) in [5, 5.41) is 6.40. The van der Waals surface area contributed by atoms with Crippen molar-refractivity contribution in [3.63, 3.8) is 0 Å². The quantitative estimate of drug-likeness (QED) is 0.572. The molecule has 1 atom stereocenters. The molecule has 1 fully saturated rings. The molecule has 3 nitrogen and oxygen atoms in total. The fourth-order valence-electron chi connectivity index (χ4n) is 4.75. The average molecular weight is 421 g/mol. The number of carbonyl (C=O) groups excluding carboxylic acids is 1. The third kappa shape index (κ3) is 4.10. The lowest BCUT2D eigenvalue weighted by atomic mass is 9.70. The van der Waals surface area contributed by atoms with E-state index in [4.69, 9.17) is 11.6 Å². The summed E-state index contributed by atoms with van der Waals surface area (Å²) in [6.45, 7) is 3.98. The monoisotopic (exact) mass is 420 g/mol. The highest BCUT2D eigenvalue weighted by molar-refractivity contribution is 6.31. The van der Waals surface area contributed by atoms with E-state index in [-0.39, 0.29) is 17.4 Å². The van der Waals surface area contributed by atoms with Gasteiger partial charge < -0.3 is 10.2 Å². The number of benzene rings is 3. The third-order valence-corrected chi connectivity index (χ3v) is 6.94. The number of nitrogens with one attached hydrogen (secondary N) is 1. The summed E-state index contributed by atoms with van der Waals surface area (Å²) >= 11 is 6.40. The van der Waals surface area contributed by atoms with Crippen LogP contribution in [0, 0.1) is 0 Å². The fourth-order valence-corrected chi connectivity index (χ4v) is 4.99. The van der Waals surface area contributed by atoms with E-state index < -0.39 is 0 Å². The van der Waals surface area contributed by atoms with Crippen molar-refractivity contribution in [3.05, 3.63) is 82.9 Å². The SMILES string of the molecule is CC(c1cc(Cl)cc2ccccc12)N(C)C(=O)CC1(c2ccccc2)CCNCC1. The minimum Gasteiger partial charge on any atom is -0.339 e. The van der Waals surface area contributed by atoms with E-state index in [1.54, 1.807) is 0 Å². The van der Waals surface area contributed by atoms with Gasteiger partial charge in [-0.05, 0) is 66.9 Å². The first kappa shape index (κ1) is 20.9. The Balaban J connectivity index is 1.62. The molecule has 1 aliphatic rings. The van der Waals surface area contributed by atoms with Gasteiger partial charge in [0.2, 0.25) is 5.91 Å². The summed E-state index contributed by atoms with van der Waals surface area (Å²) in [4.78, 5) is 15.4. The van der Waals surface area contributed by atoms with E-state index in [1.807, 2.05) is 42.3 Å². The Morgan fingerprint density at radius 2 is 1.73 bits per heavy atom. The maximum absolute atomic E-state index is 13.5. The number of nitrogens with zero attached hydrogens (tertiary/aromatic N) is 1. The van der Waals surface area contributed by atoms with Gasteiger partial charge in [-0.15, -0.1) is 0 Å². The maximum atomic E-state index is 13.5. The molecular weight excluding hydrogens is 392 g/mol. The minimum absolute atomic E-state index is 0.0596. The minimum atomic E-state index is -0.103. The van der Waals surface area contributed by atoms with Gasteiger partial charge in [0.1, 0.15) is 0 Å². The predicted molar refractivity (Wildman–Crippen MR) is 125 cm³/mol. The van der Waals surface area contributed by atoms with Gasteiger partial charge in [0.25, 0.3) is 0 Å². The van der Waals surface area contributed by atoms with Gasteiger partial charge in [0.15, 0.2) is 0 Å². The Hall–Kier alpha value is -2.36. The summed E-state index contributed by atoms with van der Waals surface area (Å²) < 4.78 is 0. The Labute approximate surface area is 184 Å². The van der Waals surface area contributed by atoms with Crippen molar-refractivity contribution in [1.82, 2.24) is 10.2 Å². The van der Waals surface area contributed by atoms with Gasteiger partial charge in [-0.2, -0.15) is 0 Å². The van der Waals surface area contributed by atoms with Crippen LogP contribution in [0.25, 0.3) is 10.8 Å². The normalized spacial score (nSPS) is 16.9. The van der Waals surface area contributed by atoms with Gasteiger partial charge in [0, 0.05) is 23.9 Å². The van der Waals surface area contributed by atoms with Crippen molar-refractivity contribution in [2.75, 3.05) is 20.1 Å². The second-order valence-electron chi connectivity index (χ2n) is 8.47. The van der Waals surface area contributed by atoms with Gasteiger partial charge in [0.05, 0.1) is 6.04 Å². The zero-order chi connectivity index (χ0) is 21.1. The van der Waals surface area contributed by atoms with E-state index in [0.717, 1.165) is 42.3 Å². The zero-order valence-corrected chi connectivity index (χ0v) is 18.5. The summed E-state index contributed by atoms with van der Waals surface area (Å²) in [5.41, 5.74) is 2.26. The Bertz CT molecular complexity index is 1030. The maximum Gasteiger partial charge on any atom is 0.223 e. The lowest BCUT2D eigenvalue weighted by Gasteiger charge is -2.39. The lowest BCUT2D eigenvalue weighted by molar-refractivity contribution is -0.133. The van der Waals surface area contributed by atoms with Crippen LogP contribution in [0.2, 0.25) is 5.02 Å². The summed E-state index contributed by atoms with van der Waals surface area (Å²) in [7, 11) is 1.92. The van der Waals surface area contributed by atoms with Crippen molar-refractivity contribution in [3.8, 4) is 0 Å². The van der Waals surface area contributed by atoms with Crippen molar-refractivity contribution in [2.24, 2.45) is 0 Å². The molecule has 0 saturated carbocycles. The molecule has 1 amide bonds. The van der Waals surface area contributed by atoms with Crippen LogP contribution in [-0.2, 0) is 10.2 Å². The molecule has 3 aromatic rings. The molecule has 0 radical (unpaired) electrons. The van der Waals surface area contributed by atoms with E-state index in [9.17, 15) is 4.79 Å². The van der Waals surface area contributed by atoms with E-state index in [1.165, 1.54) is 5.56 Å². The molecule has 4 heteroatoms. The summed E-state index contributed by atoms with van der Waals surface area (Å²) in [6, 6.07) is 22.7. The number of piperidine rings is 1. The highest BCUT2D eigenvalue weighted by Gasteiger charge is 2.37.